The van der Waals surface area contributed by atoms with E-state index in [1.165, 1.54) is 0 Å². The molecule has 1 aromatic carbocycles. The van der Waals surface area contributed by atoms with E-state index in [0.29, 0.717) is 11.1 Å². The predicted octanol–water partition coefficient (Wildman–Crippen LogP) is 3.13. The Morgan fingerprint density at radius 1 is 1.27 bits per heavy atom. The van der Waals surface area contributed by atoms with Crippen LogP contribution in [0.1, 0.15) is 18.1 Å². The molecule has 0 bridgehead atoms. The summed E-state index contributed by atoms with van der Waals surface area (Å²) in [5.74, 6) is 0. The number of rotatable bonds is 1. The number of allylic oxidation sites excluding steroid dienone is 1. The van der Waals surface area contributed by atoms with Crippen molar-refractivity contribution in [1.29, 1.82) is 0 Å². The highest BCUT2D eigenvalue weighted by molar-refractivity contribution is 5.82. The molecule has 76 valence electrons. The standard InChI is InChI=1S/C13H12O2/c1-3-6-11-9(2)10-7-4-5-8-12(10)15-13(11)14/h3-8H,1-2H3. The van der Waals surface area contributed by atoms with Crippen LogP contribution in [0.15, 0.2) is 39.6 Å². The van der Waals surface area contributed by atoms with Crippen LogP contribution in [-0.4, -0.2) is 0 Å². The highest BCUT2D eigenvalue weighted by Crippen LogP contribution is 2.19. The van der Waals surface area contributed by atoms with Gasteiger partial charge < -0.3 is 4.42 Å². The highest BCUT2D eigenvalue weighted by Gasteiger charge is 2.07. The summed E-state index contributed by atoms with van der Waals surface area (Å²) in [6.45, 7) is 3.82. The monoisotopic (exact) mass is 200 g/mol. The van der Waals surface area contributed by atoms with Crippen LogP contribution in [0.4, 0.5) is 0 Å². The molecule has 0 aliphatic rings. The van der Waals surface area contributed by atoms with E-state index >= 15 is 0 Å². The van der Waals surface area contributed by atoms with Crippen LogP contribution in [0.5, 0.6) is 0 Å². The zero-order chi connectivity index (χ0) is 10.8. The van der Waals surface area contributed by atoms with E-state index in [1.807, 2.05) is 44.2 Å². The molecule has 2 aromatic rings. The lowest BCUT2D eigenvalue weighted by molar-refractivity contribution is 0.558. The Balaban J connectivity index is 2.90. The molecule has 0 N–H and O–H groups in total. The number of para-hydroxylation sites is 1. The van der Waals surface area contributed by atoms with Crippen molar-refractivity contribution in [2.75, 3.05) is 0 Å². The molecule has 0 aliphatic heterocycles. The Labute approximate surface area is 87.8 Å². The number of aryl methyl sites for hydroxylation is 1. The number of hydrogen-bond donors (Lipinski definition) is 0. The summed E-state index contributed by atoms with van der Waals surface area (Å²) in [5.41, 5.74) is 1.98. The first kappa shape index (κ1) is 9.71. The van der Waals surface area contributed by atoms with Crippen molar-refractivity contribution in [2.24, 2.45) is 0 Å². The summed E-state index contributed by atoms with van der Waals surface area (Å²) in [5, 5.41) is 0.991. The molecule has 0 aliphatic carbocycles. The maximum atomic E-state index is 11.6. The van der Waals surface area contributed by atoms with Crippen LogP contribution >= 0.6 is 0 Å². The normalized spacial score (nSPS) is 11.3. The first-order valence-electron chi connectivity index (χ1n) is 4.89. The van der Waals surface area contributed by atoms with Gasteiger partial charge in [0.25, 0.3) is 0 Å². The Morgan fingerprint density at radius 3 is 2.73 bits per heavy atom. The second-order valence-corrected chi connectivity index (χ2v) is 3.42. The fraction of sp³-hybridized carbons (Fsp3) is 0.154. The minimum Gasteiger partial charge on any atom is -0.422 e. The molecule has 1 heterocycles. The number of fused-ring (bicyclic) bond motifs is 1. The zero-order valence-corrected chi connectivity index (χ0v) is 8.78. The summed E-state index contributed by atoms with van der Waals surface area (Å²) in [6, 6.07) is 7.57. The number of hydrogen-bond acceptors (Lipinski definition) is 2. The fourth-order valence-electron chi connectivity index (χ4n) is 1.68. The Kier molecular flexibility index (Phi) is 2.42. The summed E-state index contributed by atoms with van der Waals surface area (Å²) < 4.78 is 5.22. The van der Waals surface area contributed by atoms with Crippen LogP contribution in [0.3, 0.4) is 0 Å². The van der Waals surface area contributed by atoms with Gasteiger partial charge in [-0.25, -0.2) is 4.79 Å². The minimum absolute atomic E-state index is 0.274. The molecular weight excluding hydrogens is 188 g/mol. The smallest absolute Gasteiger partial charge is 0.343 e. The van der Waals surface area contributed by atoms with Crippen LogP contribution in [0.25, 0.3) is 17.0 Å². The van der Waals surface area contributed by atoms with Crippen LogP contribution < -0.4 is 5.63 Å². The first-order valence-corrected chi connectivity index (χ1v) is 4.89. The first-order chi connectivity index (χ1) is 7.24. The molecule has 0 unspecified atom stereocenters. The Hall–Kier alpha value is -1.83. The molecule has 0 atom stereocenters. The van der Waals surface area contributed by atoms with Crippen LogP contribution in [0.2, 0.25) is 0 Å². The lowest BCUT2D eigenvalue weighted by Gasteiger charge is -2.03. The van der Waals surface area contributed by atoms with Gasteiger partial charge >= 0.3 is 5.63 Å². The predicted molar refractivity (Wildman–Crippen MR) is 61.9 cm³/mol. The van der Waals surface area contributed by atoms with Gasteiger partial charge in [0.15, 0.2) is 0 Å². The van der Waals surface area contributed by atoms with Crippen molar-refractivity contribution in [3.8, 4) is 0 Å². The van der Waals surface area contributed by atoms with Crippen LogP contribution in [0, 0.1) is 6.92 Å². The lowest BCUT2D eigenvalue weighted by atomic mass is 10.1. The van der Waals surface area contributed by atoms with Gasteiger partial charge in [0, 0.05) is 5.39 Å². The van der Waals surface area contributed by atoms with E-state index < -0.39 is 0 Å². The largest absolute Gasteiger partial charge is 0.422 e. The Bertz CT molecular complexity index is 577. The third kappa shape index (κ3) is 1.59. The summed E-state index contributed by atoms with van der Waals surface area (Å²) in [7, 11) is 0. The van der Waals surface area contributed by atoms with E-state index in [4.69, 9.17) is 4.42 Å². The molecule has 0 saturated carbocycles. The van der Waals surface area contributed by atoms with Gasteiger partial charge in [-0.05, 0) is 25.5 Å². The van der Waals surface area contributed by atoms with Crippen molar-refractivity contribution < 1.29 is 4.42 Å². The van der Waals surface area contributed by atoms with Crippen molar-refractivity contribution in [3.63, 3.8) is 0 Å². The van der Waals surface area contributed by atoms with Gasteiger partial charge in [0.05, 0.1) is 5.56 Å². The van der Waals surface area contributed by atoms with Crippen molar-refractivity contribution in [1.82, 2.24) is 0 Å². The third-order valence-corrected chi connectivity index (χ3v) is 2.45. The van der Waals surface area contributed by atoms with Crippen molar-refractivity contribution >= 4 is 17.0 Å². The number of benzene rings is 1. The van der Waals surface area contributed by atoms with Crippen molar-refractivity contribution in [2.45, 2.75) is 13.8 Å². The molecular formula is C13H12O2. The van der Waals surface area contributed by atoms with Gasteiger partial charge in [-0.15, -0.1) is 0 Å². The second kappa shape index (κ2) is 3.73. The maximum absolute atomic E-state index is 11.6. The molecule has 0 fully saturated rings. The third-order valence-electron chi connectivity index (χ3n) is 2.45. The zero-order valence-electron chi connectivity index (χ0n) is 8.78. The molecule has 0 spiro atoms. The van der Waals surface area contributed by atoms with E-state index in [1.54, 1.807) is 6.08 Å². The lowest BCUT2D eigenvalue weighted by Crippen LogP contribution is -2.05. The SMILES string of the molecule is CC=Cc1c(C)c2ccccc2oc1=O. The highest BCUT2D eigenvalue weighted by atomic mass is 16.4. The van der Waals surface area contributed by atoms with Gasteiger partial charge in [0.2, 0.25) is 0 Å². The fourth-order valence-corrected chi connectivity index (χ4v) is 1.68. The summed E-state index contributed by atoms with van der Waals surface area (Å²) in [6.07, 6.45) is 3.63. The van der Waals surface area contributed by atoms with Gasteiger partial charge in [-0.3, -0.25) is 0 Å². The van der Waals surface area contributed by atoms with Gasteiger partial charge in [0.1, 0.15) is 5.58 Å². The van der Waals surface area contributed by atoms with E-state index in [9.17, 15) is 4.79 Å². The average Bonchev–Trinajstić information content (AvgIpc) is 2.24. The molecule has 2 nitrogen and oxygen atoms in total. The molecule has 0 amide bonds. The average molecular weight is 200 g/mol. The summed E-state index contributed by atoms with van der Waals surface area (Å²) >= 11 is 0. The van der Waals surface area contributed by atoms with Crippen molar-refractivity contribution in [3.05, 3.63) is 51.9 Å². The quantitative estimate of drug-likeness (QED) is 0.662. The van der Waals surface area contributed by atoms with E-state index in [0.717, 1.165) is 10.9 Å². The summed E-state index contributed by atoms with van der Waals surface area (Å²) in [4.78, 5) is 11.6. The molecule has 2 heteroatoms. The molecule has 15 heavy (non-hydrogen) atoms. The molecule has 0 saturated heterocycles. The molecule has 1 aromatic heterocycles. The van der Waals surface area contributed by atoms with E-state index in [2.05, 4.69) is 0 Å². The van der Waals surface area contributed by atoms with Gasteiger partial charge in [-0.2, -0.15) is 0 Å². The molecule has 0 radical (unpaired) electrons. The molecule has 2 rings (SSSR count). The van der Waals surface area contributed by atoms with E-state index in [-0.39, 0.29) is 5.63 Å². The topological polar surface area (TPSA) is 30.2 Å². The minimum atomic E-state index is -0.274. The van der Waals surface area contributed by atoms with Crippen LogP contribution in [-0.2, 0) is 0 Å². The van der Waals surface area contributed by atoms with Gasteiger partial charge in [-0.1, -0.05) is 30.4 Å². The Morgan fingerprint density at radius 2 is 2.00 bits per heavy atom. The second-order valence-electron chi connectivity index (χ2n) is 3.42. The maximum Gasteiger partial charge on any atom is 0.343 e.